The second-order valence-corrected chi connectivity index (χ2v) is 7.69. The molecule has 0 aromatic heterocycles. The van der Waals surface area contributed by atoms with Crippen molar-refractivity contribution in [1.82, 2.24) is 10.9 Å². The number of hydrogen-bond donors (Lipinski definition) is 2. The first kappa shape index (κ1) is 20.5. The third-order valence-electron chi connectivity index (χ3n) is 4.24. The van der Waals surface area contributed by atoms with Gasteiger partial charge in [0.05, 0.1) is 16.6 Å². The summed E-state index contributed by atoms with van der Waals surface area (Å²) in [6.07, 6.45) is 0. The predicted octanol–water partition coefficient (Wildman–Crippen LogP) is 4.89. The molecule has 0 aliphatic carbocycles. The average Bonchev–Trinajstić information content (AvgIpc) is 2.78. The van der Waals surface area contributed by atoms with Gasteiger partial charge in [0.15, 0.2) is 0 Å². The lowest BCUT2D eigenvalue weighted by atomic mass is 10.2. The number of hydrazine groups is 1. The third-order valence-corrected chi connectivity index (χ3v) is 5.45. The number of rotatable bonds is 6. The number of amides is 3. The molecule has 3 amide bonds. The highest BCUT2D eigenvalue weighted by molar-refractivity contribution is 7.99. The normalized spacial score (nSPS) is 11.3. The van der Waals surface area contributed by atoms with Crippen molar-refractivity contribution in [3.8, 4) is 0 Å². The first-order valence-electron chi connectivity index (χ1n) is 9.31. The molecule has 0 aliphatic rings. The Morgan fingerprint density at radius 3 is 1.79 bits per heavy atom. The minimum atomic E-state index is -0.434. The number of nitrogens with zero attached hydrogens (tertiary/aromatic N) is 1. The molecule has 3 rings (SSSR count). The van der Waals surface area contributed by atoms with Gasteiger partial charge in [0, 0.05) is 5.75 Å². The van der Waals surface area contributed by atoms with Crippen molar-refractivity contribution >= 4 is 35.1 Å². The highest BCUT2D eigenvalue weighted by atomic mass is 32.2. The third kappa shape index (κ3) is 5.86. The fourth-order valence-electron chi connectivity index (χ4n) is 2.68. The standard InChI is InChI=1S/C23H23N3O2S/c1-18(29-17-19-11-5-2-6-12-19)22(27)24-25-23(28)26(20-13-7-3-8-14-20)21-15-9-4-10-16-21/h2-16,18H,17H2,1H3,(H,24,27)(H,25,28)/t18-/m0/s1. The van der Waals surface area contributed by atoms with Gasteiger partial charge in [-0.25, -0.2) is 10.2 Å². The minimum absolute atomic E-state index is 0.250. The Morgan fingerprint density at radius 2 is 1.28 bits per heavy atom. The summed E-state index contributed by atoms with van der Waals surface area (Å²) in [5.74, 6) is 0.476. The fourth-order valence-corrected chi connectivity index (χ4v) is 3.53. The Kier molecular flexibility index (Phi) is 7.30. The Labute approximate surface area is 175 Å². The maximum atomic E-state index is 12.8. The van der Waals surface area contributed by atoms with E-state index in [9.17, 15) is 9.59 Å². The Hall–Kier alpha value is -3.25. The lowest BCUT2D eigenvalue weighted by Crippen LogP contribution is -2.49. The summed E-state index contributed by atoms with van der Waals surface area (Å²) in [6.45, 7) is 1.82. The summed E-state index contributed by atoms with van der Waals surface area (Å²) in [5.41, 5.74) is 7.63. The molecule has 3 aromatic rings. The molecule has 5 nitrogen and oxygen atoms in total. The summed E-state index contributed by atoms with van der Waals surface area (Å²) < 4.78 is 0. The molecule has 0 aliphatic heterocycles. The summed E-state index contributed by atoms with van der Waals surface area (Å²) in [4.78, 5) is 26.8. The van der Waals surface area contributed by atoms with Crippen LogP contribution in [0, 0.1) is 0 Å². The highest BCUT2D eigenvalue weighted by Gasteiger charge is 2.20. The van der Waals surface area contributed by atoms with Crippen molar-refractivity contribution < 1.29 is 9.59 Å². The molecule has 0 unspecified atom stereocenters. The van der Waals surface area contributed by atoms with E-state index in [2.05, 4.69) is 10.9 Å². The van der Waals surface area contributed by atoms with E-state index < -0.39 is 6.03 Å². The van der Waals surface area contributed by atoms with Crippen LogP contribution in [0.3, 0.4) is 0 Å². The van der Waals surface area contributed by atoms with E-state index in [1.807, 2.05) is 97.9 Å². The van der Waals surface area contributed by atoms with E-state index in [0.29, 0.717) is 11.4 Å². The van der Waals surface area contributed by atoms with Gasteiger partial charge in [-0.15, -0.1) is 11.8 Å². The summed E-state index contributed by atoms with van der Waals surface area (Å²) in [7, 11) is 0. The molecule has 148 valence electrons. The Balaban J connectivity index is 1.60. The maximum absolute atomic E-state index is 12.8. The summed E-state index contributed by atoms with van der Waals surface area (Å²) in [5, 5.41) is -0.308. The lowest BCUT2D eigenvalue weighted by Gasteiger charge is -2.24. The molecule has 2 N–H and O–H groups in total. The molecule has 0 spiro atoms. The van der Waals surface area contributed by atoms with Crippen LogP contribution < -0.4 is 15.8 Å². The maximum Gasteiger partial charge on any atom is 0.345 e. The number of para-hydroxylation sites is 2. The topological polar surface area (TPSA) is 61.4 Å². The van der Waals surface area contributed by atoms with Crippen molar-refractivity contribution in [1.29, 1.82) is 0 Å². The number of carbonyl (C=O) groups excluding carboxylic acids is 2. The predicted molar refractivity (Wildman–Crippen MR) is 119 cm³/mol. The van der Waals surface area contributed by atoms with Crippen LogP contribution in [0.2, 0.25) is 0 Å². The van der Waals surface area contributed by atoms with Gasteiger partial charge in [0.2, 0.25) is 0 Å². The van der Waals surface area contributed by atoms with Gasteiger partial charge in [-0.3, -0.25) is 15.1 Å². The van der Waals surface area contributed by atoms with Crippen molar-refractivity contribution in [3.05, 3.63) is 96.6 Å². The van der Waals surface area contributed by atoms with Crippen LogP contribution in [0.15, 0.2) is 91.0 Å². The molecular weight excluding hydrogens is 382 g/mol. The molecule has 1 atom stereocenters. The largest absolute Gasteiger partial charge is 0.345 e. The highest BCUT2D eigenvalue weighted by Crippen LogP contribution is 2.24. The van der Waals surface area contributed by atoms with E-state index >= 15 is 0 Å². The van der Waals surface area contributed by atoms with Gasteiger partial charge in [0.25, 0.3) is 5.91 Å². The molecule has 0 fully saturated rings. The lowest BCUT2D eigenvalue weighted by molar-refractivity contribution is -0.120. The van der Waals surface area contributed by atoms with Crippen LogP contribution >= 0.6 is 11.8 Å². The molecule has 0 saturated carbocycles. The molecule has 0 bridgehead atoms. The summed E-state index contributed by atoms with van der Waals surface area (Å²) >= 11 is 1.51. The molecule has 6 heteroatoms. The van der Waals surface area contributed by atoms with E-state index in [1.165, 1.54) is 16.7 Å². The first-order chi connectivity index (χ1) is 14.1. The number of benzene rings is 3. The minimum Gasteiger partial charge on any atom is -0.272 e. The zero-order valence-electron chi connectivity index (χ0n) is 16.1. The number of urea groups is 1. The van der Waals surface area contributed by atoms with E-state index in [0.717, 1.165) is 11.3 Å². The molecule has 0 saturated heterocycles. The van der Waals surface area contributed by atoms with Crippen LogP contribution in [0.5, 0.6) is 0 Å². The van der Waals surface area contributed by atoms with Crippen molar-refractivity contribution in [2.24, 2.45) is 0 Å². The van der Waals surface area contributed by atoms with E-state index in [4.69, 9.17) is 0 Å². The zero-order valence-corrected chi connectivity index (χ0v) is 16.9. The SMILES string of the molecule is C[C@H](SCc1ccccc1)C(=O)NNC(=O)N(c1ccccc1)c1ccccc1. The molecule has 29 heavy (non-hydrogen) atoms. The van der Waals surface area contributed by atoms with Gasteiger partial charge in [0.1, 0.15) is 0 Å². The Morgan fingerprint density at radius 1 is 0.793 bits per heavy atom. The second-order valence-electron chi connectivity index (χ2n) is 6.36. The number of thioether (sulfide) groups is 1. The zero-order chi connectivity index (χ0) is 20.5. The van der Waals surface area contributed by atoms with Crippen LogP contribution in [-0.2, 0) is 10.5 Å². The number of nitrogens with one attached hydrogen (secondary N) is 2. The van der Waals surface area contributed by atoms with E-state index in [-0.39, 0.29) is 11.2 Å². The van der Waals surface area contributed by atoms with Gasteiger partial charge in [-0.05, 0) is 36.8 Å². The first-order valence-corrected chi connectivity index (χ1v) is 10.4. The van der Waals surface area contributed by atoms with Gasteiger partial charge < -0.3 is 0 Å². The van der Waals surface area contributed by atoms with Crippen LogP contribution in [0.4, 0.5) is 16.2 Å². The smallest absolute Gasteiger partial charge is 0.272 e. The van der Waals surface area contributed by atoms with Gasteiger partial charge in [-0.1, -0.05) is 66.7 Å². The quantitative estimate of drug-likeness (QED) is 0.574. The monoisotopic (exact) mass is 405 g/mol. The van der Waals surface area contributed by atoms with E-state index in [1.54, 1.807) is 0 Å². The average molecular weight is 406 g/mol. The molecular formula is C23H23N3O2S. The number of hydrogen-bond acceptors (Lipinski definition) is 3. The molecule has 3 aromatic carbocycles. The van der Waals surface area contributed by atoms with Crippen molar-refractivity contribution in [2.45, 2.75) is 17.9 Å². The fraction of sp³-hybridized carbons (Fsp3) is 0.130. The number of carbonyl (C=O) groups is 2. The molecule has 0 radical (unpaired) electrons. The van der Waals surface area contributed by atoms with Crippen LogP contribution in [0.1, 0.15) is 12.5 Å². The van der Waals surface area contributed by atoms with Crippen molar-refractivity contribution in [2.75, 3.05) is 4.90 Å². The van der Waals surface area contributed by atoms with Gasteiger partial charge in [-0.2, -0.15) is 0 Å². The van der Waals surface area contributed by atoms with Crippen molar-refractivity contribution in [3.63, 3.8) is 0 Å². The number of anilines is 2. The van der Waals surface area contributed by atoms with Gasteiger partial charge >= 0.3 is 6.03 Å². The summed E-state index contributed by atoms with van der Waals surface area (Å²) in [6, 6.07) is 28.1. The molecule has 0 heterocycles. The van der Waals surface area contributed by atoms with Crippen LogP contribution in [-0.4, -0.2) is 17.2 Å². The second kappa shape index (κ2) is 10.3. The van der Waals surface area contributed by atoms with Crippen LogP contribution in [0.25, 0.3) is 0 Å². The Bertz CT molecular complexity index is 881.